The second-order valence-corrected chi connectivity index (χ2v) is 4.94. The molecule has 1 aromatic carbocycles. The van der Waals surface area contributed by atoms with Crippen molar-refractivity contribution in [2.45, 2.75) is 24.7 Å². The number of rotatable bonds is 2. The topological polar surface area (TPSA) is 26.0 Å². The highest BCUT2D eigenvalue weighted by atomic mass is 79.9. The van der Waals surface area contributed by atoms with Gasteiger partial charge in [-0.05, 0) is 40.4 Å². The molecule has 0 unspecified atom stereocenters. The number of hydrogen-bond acceptors (Lipinski definition) is 1. The first-order chi connectivity index (χ1) is 7.09. The summed E-state index contributed by atoms with van der Waals surface area (Å²) >= 11 is 3.07. The van der Waals surface area contributed by atoms with Crippen molar-refractivity contribution < 1.29 is 8.78 Å². The molecule has 1 aromatic rings. The largest absolute Gasteiger partial charge is 0.330 e. The molecule has 4 heteroatoms. The summed E-state index contributed by atoms with van der Waals surface area (Å²) in [4.78, 5) is 0. The number of halogens is 3. The average molecular weight is 276 g/mol. The van der Waals surface area contributed by atoms with Gasteiger partial charge in [0.05, 0.1) is 4.47 Å². The van der Waals surface area contributed by atoms with Gasteiger partial charge in [-0.15, -0.1) is 0 Å². The predicted molar refractivity (Wildman–Crippen MR) is 58.6 cm³/mol. The summed E-state index contributed by atoms with van der Waals surface area (Å²) < 4.78 is 27.0. The fourth-order valence-electron chi connectivity index (χ4n) is 2.12. The molecule has 1 nitrogen and oxygen atoms in total. The lowest BCUT2D eigenvalue weighted by molar-refractivity contribution is 0.244. The number of nitrogens with two attached hydrogens (primary N) is 1. The zero-order valence-corrected chi connectivity index (χ0v) is 9.78. The number of hydrogen-bond donors (Lipinski definition) is 1. The van der Waals surface area contributed by atoms with Crippen molar-refractivity contribution in [3.05, 3.63) is 33.8 Å². The molecular weight excluding hydrogens is 264 g/mol. The van der Waals surface area contributed by atoms with Gasteiger partial charge in [0.2, 0.25) is 0 Å². The highest BCUT2D eigenvalue weighted by Gasteiger charge is 2.39. The van der Waals surface area contributed by atoms with Crippen LogP contribution in [0.5, 0.6) is 0 Å². The van der Waals surface area contributed by atoms with Crippen LogP contribution in [0.15, 0.2) is 16.6 Å². The summed E-state index contributed by atoms with van der Waals surface area (Å²) in [5.74, 6) is -1.05. The molecule has 0 spiro atoms. The Morgan fingerprint density at radius 1 is 1.27 bits per heavy atom. The molecule has 0 amide bonds. The molecule has 0 aliphatic heterocycles. The van der Waals surface area contributed by atoms with Gasteiger partial charge in [0.25, 0.3) is 0 Å². The van der Waals surface area contributed by atoms with Crippen LogP contribution in [-0.4, -0.2) is 6.54 Å². The Morgan fingerprint density at radius 2 is 1.93 bits per heavy atom. The lowest BCUT2D eigenvalue weighted by atomic mass is 9.64. The van der Waals surface area contributed by atoms with E-state index in [0.29, 0.717) is 16.6 Å². The first kappa shape index (κ1) is 11.0. The summed E-state index contributed by atoms with van der Waals surface area (Å²) in [5, 5.41) is 0. The summed E-state index contributed by atoms with van der Waals surface area (Å²) in [7, 11) is 0. The van der Waals surface area contributed by atoms with Gasteiger partial charge in [-0.2, -0.15) is 0 Å². The van der Waals surface area contributed by atoms with Crippen molar-refractivity contribution in [2.24, 2.45) is 5.73 Å². The molecular formula is C11H12BrF2N. The van der Waals surface area contributed by atoms with Gasteiger partial charge in [-0.1, -0.05) is 6.42 Å². The SMILES string of the molecule is NCC1(c2cc(Br)c(F)cc2F)CCC1. The van der Waals surface area contributed by atoms with Crippen molar-refractivity contribution >= 4 is 15.9 Å². The van der Waals surface area contributed by atoms with E-state index in [1.807, 2.05) is 0 Å². The van der Waals surface area contributed by atoms with E-state index in [-0.39, 0.29) is 5.41 Å². The van der Waals surface area contributed by atoms with Crippen LogP contribution >= 0.6 is 15.9 Å². The Bertz CT molecular complexity index is 383. The standard InChI is InChI=1S/C11H12BrF2N/c12-8-4-7(9(13)5-10(8)14)11(6-15)2-1-3-11/h4-5H,1-3,6,15H2. The molecule has 2 rings (SSSR count). The first-order valence-corrected chi connectivity index (χ1v) is 5.73. The van der Waals surface area contributed by atoms with Crippen LogP contribution in [0.25, 0.3) is 0 Å². The van der Waals surface area contributed by atoms with Crippen molar-refractivity contribution in [3.63, 3.8) is 0 Å². The Balaban J connectivity index is 2.47. The minimum absolute atomic E-state index is 0.264. The van der Waals surface area contributed by atoms with Gasteiger partial charge < -0.3 is 5.73 Å². The normalized spacial score (nSPS) is 18.7. The highest BCUT2D eigenvalue weighted by Crippen LogP contribution is 2.44. The van der Waals surface area contributed by atoms with E-state index in [4.69, 9.17) is 5.73 Å². The van der Waals surface area contributed by atoms with Gasteiger partial charge >= 0.3 is 0 Å². The molecule has 0 aromatic heterocycles. The third-order valence-electron chi connectivity index (χ3n) is 3.28. The second-order valence-electron chi connectivity index (χ2n) is 4.08. The van der Waals surface area contributed by atoms with Crippen LogP contribution in [-0.2, 0) is 5.41 Å². The fraction of sp³-hybridized carbons (Fsp3) is 0.455. The van der Waals surface area contributed by atoms with E-state index in [1.165, 1.54) is 6.07 Å². The van der Waals surface area contributed by atoms with Crippen LogP contribution in [0.2, 0.25) is 0 Å². The van der Waals surface area contributed by atoms with E-state index < -0.39 is 11.6 Å². The minimum Gasteiger partial charge on any atom is -0.330 e. The van der Waals surface area contributed by atoms with E-state index in [9.17, 15) is 8.78 Å². The maximum Gasteiger partial charge on any atom is 0.140 e. The molecule has 1 aliphatic rings. The maximum absolute atomic E-state index is 13.6. The first-order valence-electron chi connectivity index (χ1n) is 4.94. The summed E-state index contributed by atoms with van der Waals surface area (Å²) in [6.45, 7) is 0.419. The molecule has 0 atom stereocenters. The van der Waals surface area contributed by atoms with E-state index in [0.717, 1.165) is 25.3 Å². The zero-order chi connectivity index (χ0) is 11.1. The van der Waals surface area contributed by atoms with Crippen molar-refractivity contribution in [2.75, 3.05) is 6.54 Å². The zero-order valence-electron chi connectivity index (χ0n) is 8.19. The molecule has 15 heavy (non-hydrogen) atoms. The average Bonchev–Trinajstić information content (AvgIpc) is 2.12. The maximum atomic E-state index is 13.6. The Morgan fingerprint density at radius 3 is 2.40 bits per heavy atom. The Kier molecular flexibility index (Phi) is 2.81. The van der Waals surface area contributed by atoms with E-state index in [2.05, 4.69) is 15.9 Å². The van der Waals surface area contributed by atoms with Crippen molar-refractivity contribution in [1.29, 1.82) is 0 Å². The van der Waals surface area contributed by atoms with Crippen LogP contribution in [0.1, 0.15) is 24.8 Å². The second kappa shape index (κ2) is 3.83. The molecule has 2 N–H and O–H groups in total. The smallest absolute Gasteiger partial charge is 0.140 e. The van der Waals surface area contributed by atoms with Crippen molar-refractivity contribution in [1.82, 2.24) is 0 Å². The van der Waals surface area contributed by atoms with Gasteiger partial charge in [0.15, 0.2) is 0 Å². The molecule has 0 radical (unpaired) electrons. The van der Waals surface area contributed by atoms with Crippen LogP contribution in [0.3, 0.4) is 0 Å². The summed E-state index contributed by atoms with van der Waals surface area (Å²) in [5.41, 5.74) is 5.96. The Hall–Kier alpha value is -0.480. The monoisotopic (exact) mass is 275 g/mol. The lowest BCUT2D eigenvalue weighted by Gasteiger charge is -2.41. The third-order valence-corrected chi connectivity index (χ3v) is 3.89. The van der Waals surface area contributed by atoms with Gasteiger partial charge in [0, 0.05) is 18.0 Å². The third kappa shape index (κ3) is 1.70. The van der Waals surface area contributed by atoms with Crippen LogP contribution in [0, 0.1) is 11.6 Å². The molecule has 0 bridgehead atoms. The van der Waals surface area contributed by atoms with Crippen LogP contribution in [0.4, 0.5) is 8.78 Å². The quantitative estimate of drug-likeness (QED) is 0.825. The van der Waals surface area contributed by atoms with E-state index >= 15 is 0 Å². The highest BCUT2D eigenvalue weighted by molar-refractivity contribution is 9.10. The number of benzene rings is 1. The molecule has 0 heterocycles. The molecule has 82 valence electrons. The predicted octanol–water partition coefficient (Wildman–Crippen LogP) is 3.11. The summed E-state index contributed by atoms with van der Waals surface area (Å²) in [6, 6.07) is 2.45. The Labute approximate surface area is 95.8 Å². The molecule has 1 fully saturated rings. The van der Waals surface area contributed by atoms with Gasteiger partial charge in [-0.25, -0.2) is 8.78 Å². The van der Waals surface area contributed by atoms with Crippen molar-refractivity contribution in [3.8, 4) is 0 Å². The fourth-order valence-corrected chi connectivity index (χ4v) is 2.46. The van der Waals surface area contributed by atoms with Gasteiger partial charge in [0.1, 0.15) is 11.6 Å². The lowest BCUT2D eigenvalue weighted by Crippen LogP contribution is -2.42. The molecule has 1 saturated carbocycles. The molecule has 0 saturated heterocycles. The van der Waals surface area contributed by atoms with Crippen LogP contribution < -0.4 is 5.73 Å². The van der Waals surface area contributed by atoms with Gasteiger partial charge in [-0.3, -0.25) is 0 Å². The summed E-state index contributed by atoms with van der Waals surface area (Å²) in [6.07, 6.45) is 2.84. The minimum atomic E-state index is -0.567. The van der Waals surface area contributed by atoms with E-state index in [1.54, 1.807) is 0 Å². The molecule has 1 aliphatic carbocycles.